The molecule has 0 radical (unpaired) electrons. The molecule has 2 aromatic rings. The zero-order chi connectivity index (χ0) is 10.5. The summed E-state index contributed by atoms with van der Waals surface area (Å²) >= 11 is 0. The largest absolute Gasteiger partial charge is 0.472 e. The Labute approximate surface area is 87.7 Å². The van der Waals surface area contributed by atoms with Gasteiger partial charge in [-0.05, 0) is 6.07 Å². The Bertz CT molecular complexity index is 431. The maximum atomic E-state index is 5.77. The van der Waals surface area contributed by atoms with E-state index in [0.29, 0.717) is 12.5 Å². The Kier molecular flexibility index (Phi) is 2.78. The van der Waals surface area contributed by atoms with Crippen LogP contribution < -0.4 is 10.5 Å². The van der Waals surface area contributed by atoms with E-state index in [1.807, 2.05) is 24.3 Å². The van der Waals surface area contributed by atoms with Crippen molar-refractivity contribution in [2.45, 2.75) is 6.61 Å². The molecular weight excluding hydrogens is 190 g/mol. The summed E-state index contributed by atoms with van der Waals surface area (Å²) in [6.07, 6.45) is 4.76. The van der Waals surface area contributed by atoms with Gasteiger partial charge in [-0.1, -0.05) is 18.2 Å². The fourth-order valence-electron chi connectivity index (χ4n) is 1.18. The molecule has 2 rings (SSSR count). The van der Waals surface area contributed by atoms with Gasteiger partial charge in [-0.3, -0.25) is 4.98 Å². The van der Waals surface area contributed by atoms with E-state index in [-0.39, 0.29) is 0 Å². The fourth-order valence-corrected chi connectivity index (χ4v) is 1.18. The number of nitrogen functional groups attached to an aromatic ring is 1. The van der Waals surface area contributed by atoms with Crippen LogP contribution in [-0.4, -0.2) is 9.97 Å². The Morgan fingerprint density at radius 2 is 2.07 bits per heavy atom. The van der Waals surface area contributed by atoms with Gasteiger partial charge in [0, 0.05) is 23.6 Å². The van der Waals surface area contributed by atoms with Gasteiger partial charge in [0.05, 0.1) is 6.20 Å². The SMILES string of the molecule is Nc1ccccc1COc1cnccn1. The van der Waals surface area contributed by atoms with Crippen LogP contribution in [0.1, 0.15) is 5.56 Å². The third kappa shape index (κ3) is 2.43. The second-order valence-electron chi connectivity index (χ2n) is 3.03. The van der Waals surface area contributed by atoms with Crippen LogP contribution in [0, 0.1) is 0 Å². The predicted molar refractivity (Wildman–Crippen MR) is 57.2 cm³/mol. The monoisotopic (exact) mass is 201 g/mol. The lowest BCUT2D eigenvalue weighted by molar-refractivity contribution is 0.293. The number of anilines is 1. The molecule has 4 nitrogen and oxygen atoms in total. The van der Waals surface area contributed by atoms with E-state index in [9.17, 15) is 0 Å². The van der Waals surface area contributed by atoms with Crippen molar-refractivity contribution >= 4 is 5.69 Å². The lowest BCUT2D eigenvalue weighted by Gasteiger charge is -2.06. The highest BCUT2D eigenvalue weighted by molar-refractivity contribution is 5.45. The number of nitrogens with zero attached hydrogens (tertiary/aromatic N) is 2. The average molecular weight is 201 g/mol. The minimum Gasteiger partial charge on any atom is -0.472 e. The minimum atomic E-state index is 0.408. The highest BCUT2D eigenvalue weighted by Gasteiger charge is 1.99. The summed E-state index contributed by atoms with van der Waals surface area (Å²) in [7, 11) is 0. The van der Waals surface area contributed by atoms with Gasteiger partial charge in [0.25, 0.3) is 0 Å². The molecule has 0 unspecified atom stereocenters. The molecule has 0 atom stereocenters. The van der Waals surface area contributed by atoms with Crippen LogP contribution in [-0.2, 0) is 6.61 Å². The van der Waals surface area contributed by atoms with Crippen LogP contribution >= 0.6 is 0 Å². The van der Waals surface area contributed by atoms with Gasteiger partial charge in [0.1, 0.15) is 6.61 Å². The van der Waals surface area contributed by atoms with Crippen molar-refractivity contribution in [2.75, 3.05) is 5.73 Å². The second-order valence-corrected chi connectivity index (χ2v) is 3.03. The number of rotatable bonds is 3. The third-order valence-electron chi connectivity index (χ3n) is 1.97. The molecule has 1 aromatic heterocycles. The number of hydrogen-bond donors (Lipinski definition) is 1. The van der Waals surface area contributed by atoms with Crippen LogP contribution in [0.4, 0.5) is 5.69 Å². The second kappa shape index (κ2) is 4.41. The molecule has 0 amide bonds. The molecule has 1 heterocycles. The van der Waals surface area contributed by atoms with Crippen LogP contribution in [0.25, 0.3) is 0 Å². The third-order valence-corrected chi connectivity index (χ3v) is 1.97. The molecule has 0 fully saturated rings. The van der Waals surface area contributed by atoms with E-state index >= 15 is 0 Å². The predicted octanol–water partition coefficient (Wildman–Crippen LogP) is 1.64. The maximum absolute atomic E-state index is 5.77. The first-order chi connectivity index (χ1) is 7.36. The van der Waals surface area contributed by atoms with Crippen LogP contribution in [0.2, 0.25) is 0 Å². The van der Waals surface area contributed by atoms with E-state index in [2.05, 4.69) is 9.97 Å². The number of para-hydroxylation sites is 1. The van der Waals surface area contributed by atoms with Gasteiger partial charge in [0.2, 0.25) is 5.88 Å². The Morgan fingerprint density at radius 3 is 2.80 bits per heavy atom. The summed E-state index contributed by atoms with van der Waals surface area (Å²) in [4.78, 5) is 7.90. The van der Waals surface area contributed by atoms with Crippen LogP contribution in [0.15, 0.2) is 42.9 Å². The summed E-state index contributed by atoms with van der Waals surface area (Å²) in [5.41, 5.74) is 7.44. The molecule has 0 aliphatic rings. The van der Waals surface area contributed by atoms with Gasteiger partial charge < -0.3 is 10.5 Å². The van der Waals surface area contributed by atoms with Crippen LogP contribution in [0.5, 0.6) is 5.88 Å². The zero-order valence-electron chi connectivity index (χ0n) is 8.13. The van der Waals surface area contributed by atoms with Crippen molar-refractivity contribution in [1.82, 2.24) is 9.97 Å². The Balaban J connectivity index is 2.03. The molecule has 0 aliphatic heterocycles. The standard InChI is InChI=1S/C11H11N3O/c12-10-4-2-1-3-9(10)8-15-11-7-13-5-6-14-11/h1-7H,8,12H2. The van der Waals surface area contributed by atoms with Crippen LogP contribution in [0.3, 0.4) is 0 Å². The molecular formula is C11H11N3O. The average Bonchev–Trinajstić information content (AvgIpc) is 2.29. The van der Waals surface area contributed by atoms with Crippen molar-refractivity contribution in [2.24, 2.45) is 0 Å². The van der Waals surface area contributed by atoms with E-state index in [1.54, 1.807) is 18.6 Å². The number of hydrogen-bond acceptors (Lipinski definition) is 4. The molecule has 1 aromatic carbocycles. The molecule has 15 heavy (non-hydrogen) atoms. The normalized spacial score (nSPS) is 9.87. The summed E-state index contributed by atoms with van der Waals surface area (Å²) in [5.74, 6) is 0.501. The number of aromatic nitrogens is 2. The van der Waals surface area contributed by atoms with Crippen molar-refractivity contribution < 1.29 is 4.74 Å². The first-order valence-electron chi connectivity index (χ1n) is 4.58. The van der Waals surface area contributed by atoms with E-state index in [1.165, 1.54) is 0 Å². The van der Waals surface area contributed by atoms with Gasteiger partial charge in [-0.25, -0.2) is 4.98 Å². The highest BCUT2D eigenvalue weighted by Crippen LogP contribution is 2.13. The molecule has 4 heteroatoms. The van der Waals surface area contributed by atoms with Gasteiger partial charge in [-0.15, -0.1) is 0 Å². The summed E-state index contributed by atoms with van der Waals surface area (Å²) in [5, 5.41) is 0. The molecule has 2 N–H and O–H groups in total. The first-order valence-corrected chi connectivity index (χ1v) is 4.58. The molecule has 0 aliphatic carbocycles. The first kappa shape index (κ1) is 9.45. The lowest BCUT2D eigenvalue weighted by Crippen LogP contribution is -2.00. The number of nitrogens with two attached hydrogens (primary N) is 1. The summed E-state index contributed by atoms with van der Waals surface area (Å²) in [6.45, 7) is 0.408. The van der Waals surface area contributed by atoms with E-state index < -0.39 is 0 Å². The van der Waals surface area contributed by atoms with E-state index in [0.717, 1.165) is 11.3 Å². The van der Waals surface area contributed by atoms with Gasteiger partial charge in [-0.2, -0.15) is 0 Å². The van der Waals surface area contributed by atoms with Gasteiger partial charge in [0.15, 0.2) is 0 Å². The molecule has 0 saturated carbocycles. The number of ether oxygens (including phenoxy) is 1. The maximum Gasteiger partial charge on any atom is 0.232 e. The van der Waals surface area contributed by atoms with E-state index in [4.69, 9.17) is 10.5 Å². The van der Waals surface area contributed by atoms with Gasteiger partial charge >= 0.3 is 0 Å². The van der Waals surface area contributed by atoms with Crippen molar-refractivity contribution in [1.29, 1.82) is 0 Å². The number of benzene rings is 1. The zero-order valence-corrected chi connectivity index (χ0v) is 8.13. The summed E-state index contributed by atoms with van der Waals surface area (Å²) < 4.78 is 5.42. The van der Waals surface area contributed by atoms with Crippen molar-refractivity contribution in [3.05, 3.63) is 48.4 Å². The van der Waals surface area contributed by atoms with Crippen molar-refractivity contribution in [3.63, 3.8) is 0 Å². The van der Waals surface area contributed by atoms with Crippen molar-refractivity contribution in [3.8, 4) is 5.88 Å². The molecule has 0 bridgehead atoms. The minimum absolute atomic E-state index is 0.408. The smallest absolute Gasteiger partial charge is 0.232 e. The molecule has 0 spiro atoms. The molecule has 0 saturated heterocycles. The quantitative estimate of drug-likeness (QED) is 0.767. The Hall–Kier alpha value is -2.10. The fraction of sp³-hybridized carbons (Fsp3) is 0.0909. The molecule has 76 valence electrons. The summed E-state index contributed by atoms with van der Waals surface area (Å²) in [6, 6.07) is 7.58. The highest BCUT2D eigenvalue weighted by atomic mass is 16.5. The lowest BCUT2D eigenvalue weighted by atomic mass is 10.2. The topological polar surface area (TPSA) is 61.0 Å². The Morgan fingerprint density at radius 1 is 1.20 bits per heavy atom.